The first kappa shape index (κ1) is 29.8. The number of carbonyl (C=O) groups is 1. The fraction of sp³-hybridized carbons (Fsp3) is 0.286. The lowest BCUT2D eigenvalue weighted by Crippen LogP contribution is -2.45. The summed E-state index contributed by atoms with van der Waals surface area (Å²) >= 11 is 0. The smallest absolute Gasteiger partial charge is 0.407 e. The van der Waals surface area contributed by atoms with Crippen molar-refractivity contribution in [2.75, 3.05) is 18.8 Å². The van der Waals surface area contributed by atoms with Crippen LogP contribution in [0, 0.1) is 11.3 Å². The van der Waals surface area contributed by atoms with Crippen LogP contribution in [0.4, 0.5) is 10.6 Å². The molecule has 6 rings (SSSR count). The summed E-state index contributed by atoms with van der Waals surface area (Å²) in [4.78, 5) is 28.8. The molecule has 1 amide bonds. The highest BCUT2D eigenvalue weighted by molar-refractivity contribution is 5.84. The number of piperidine rings is 1. The molecule has 1 fully saturated rings. The number of nitrogens with two attached hydrogens (primary N) is 1. The molecule has 4 heterocycles. The van der Waals surface area contributed by atoms with E-state index in [-0.39, 0.29) is 12.1 Å². The number of alkyl carbamates (subject to hydrolysis) is 1. The van der Waals surface area contributed by atoms with E-state index in [1.54, 1.807) is 12.3 Å². The Bertz CT molecular complexity index is 1880. The molecule has 0 saturated carbocycles. The van der Waals surface area contributed by atoms with Crippen molar-refractivity contribution in [3.63, 3.8) is 0 Å². The molecule has 45 heavy (non-hydrogen) atoms. The van der Waals surface area contributed by atoms with Crippen molar-refractivity contribution in [3.8, 4) is 34.4 Å². The topological polar surface area (TPSA) is 135 Å². The third-order valence-electron chi connectivity index (χ3n) is 7.78. The number of nitrogens with zero attached hydrogens (tertiary/aromatic N) is 6. The van der Waals surface area contributed by atoms with Crippen LogP contribution in [-0.4, -0.2) is 55.2 Å². The van der Waals surface area contributed by atoms with Gasteiger partial charge in [0.15, 0.2) is 11.5 Å². The first-order valence-electron chi connectivity index (χ1n) is 15.1. The van der Waals surface area contributed by atoms with Crippen molar-refractivity contribution in [2.45, 2.75) is 51.8 Å². The van der Waals surface area contributed by atoms with Crippen molar-refractivity contribution in [3.05, 3.63) is 90.1 Å². The van der Waals surface area contributed by atoms with Gasteiger partial charge in [0.2, 0.25) is 0 Å². The molecule has 3 N–H and O–H groups in total. The molecule has 1 aliphatic rings. The van der Waals surface area contributed by atoms with E-state index in [2.05, 4.69) is 45.5 Å². The zero-order valence-corrected chi connectivity index (χ0v) is 25.7. The largest absolute Gasteiger partial charge is 0.444 e. The summed E-state index contributed by atoms with van der Waals surface area (Å²) in [5.74, 6) is 1.04. The summed E-state index contributed by atoms with van der Waals surface area (Å²) in [6.45, 7) is 8.20. The summed E-state index contributed by atoms with van der Waals surface area (Å²) < 4.78 is 7.43. The molecule has 3 aromatic heterocycles. The normalized spacial score (nSPS) is 14.3. The fourth-order valence-electron chi connectivity index (χ4n) is 5.62. The van der Waals surface area contributed by atoms with Gasteiger partial charge in [-0.25, -0.2) is 19.7 Å². The molecule has 228 valence electrons. The van der Waals surface area contributed by atoms with Crippen molar-refractivity contribution < 1.29 is 9.53 Å². The van der Waals surface area contributed by atoms with Gasteiger partial charge in [0.25, 0.3) is 0 Å². The molecule has 0 aliphatic carbocycles. The number of pyridine rings is 2. The number of amides is 1. The van der Waals surface area contributed by atoms with Crippen LogP contribution in [0.1, 0.15) is 44.7 Å². The van der Waals surface area contributed by atoms with Crippen LogP contribution in [0.15, 0.2) is 79.0 Å². The predicted molar refractivity (Wildman–Crippen MR) is 174 cm³/mol. The quantitative estimate of drug-likeness (QED) is 0.239. The zero-order valence-electron chi connectivity index (χ0n) is 25.7. The minimum atomic E-state index is -0.506. The molecule has 5 aromatic rings. The number of nitrogen functional groups attached to an aromatic ring is 1. The zero-order chi connectivity index (χ0) is 31.6. The van der Waals surface area contributed by atoms with Gasteiger partial charge in [-0.3, -0.25) is 9.47 Å². The SMILES string of the molecule is CC(C)(C)OC(=O)NC1CCN(Cc2ccc(-n3c(-c4cccnc4N)nc4ccc(-c5cccc(C#N)c5)nc43)cc2)CC1. The molecule has 0 bridgehead atoms. The number of likely N-dealkylation sites (tertiary alicyclic amines) is 1. The van der Waals surface area contributed by atoms with E-state index in [9.17, 15) is 10.1 Å². The number of rotatable bonds is 6. The van der Waals surface area contributed by atoms with Gasteiger partial charge in [0, 0.05) is 43.1 Å². The molecule has 0 spiro atoms. The number of anilines is 1. The van der Waals surface area contributed by atoms with E-state index >= 15 is 0 Å². The number of nitriles is 1. The first-order valence-corrected chi connectivity index (χ1v) is 15.1. The Morgan fingerprint density at radius 3 is 2.53 bits per heavy atom. The van der Waals surface area contributed by atoms with E-state index in [0.29, 0.717) is 22.9 Å². The van der Waals surface area contributed by atoms with Gasteiger partial charge in [-0.1, -0.05) is 24.3 Å². The summed E-state index contributed by atoms with van der Waals surface area (Å²) in [7, 11) is 0. The number of hydrogen-bond donors (Lipinski definition) is 2. The van der Waals surface area contributed by atoms with Crippen molar-refractivity contribution in [2.24, 2.45) is 0 Å². The summed E-state index contributed by atoms with van der Waals surface area (Å²) in [5.41, 5.74) is 12.2. The average molecular weight is 601 g/mol. The highest BCUT2D eigenvalue weighted by Crippen LogP contribution is 2.32. The van der Waals surface area contributed by atoms with Crippen molar-refractivity contribution >= 4 is 23.1 Å². The highest BCUT2D eigenvalue weighted by Gasteiger charge is 2.24. The third-order valence-corrected chi connectivity index (χ3v) is 7.78. The van der Waals surface area contributed by atoms with E-state index in [0.717, 1.165) is 60.5 Å². The van der Waals surface area contributed by atoms with Crippen LogP contribution < -0.4 is 11.1 Å². The van der Waals surface area contributed by atoms with E-state index < -0.39 is 5.60 Å². The maximum atomic E-state index is 12.2. The Labute approximate surface area is 262 Å². The number of carbonyl (C=O) groups excluding carboxylic acids is 1. The lowest BCUT2D eigenvalue weighted by molar-refractivity contribution is 0.0477. The molecule has 10 heteroatoms. The molecule has 0 unspecified atom stereocenters. The minimum absolute atomic E-state index is 0.117. The lowest BCUT2D eigenvalue weighted by Gasteiger charge is -2.32. The van der Waals surface area contributed by atoms with Gasteiger partial charge in [-0.2, -0.15) is 5.26 Å². The molecule has 0 atom stereocenters. The maximum absolute atomic E-state index is 12.2. The van der Waals surface area contributed by atoms with Gasteiger partial charge in [-0.05, 0) is 87.7 Å². The van der Waals surface area contributed by atoms with E-state index in [1.165, 1.54) is 5.56 Å². The van der Waals surface area contributed by atoms with Crippen molar-refractivity contribution in [1.29, 1.82) is 5.26 Å². The van der Waals surface area contributed by atoms with Crippen LogP contribution in [0.5, 0.6) is 0 Å². The second kappa shape index (κ2) is 12.4. The molecule has 10 nitrogen and oxygen atoms in total. The van der Waals surface area contributed by atoms with Crippen LogP contribution in [0.2, 0.25) is 0 Å². The number of hydrogen-bond acceptors (Lipinski definition) is 8. The highest BCUT2D eigenvalue weighted by atomic mass is 16.6. The fourth-order valence-corrected chi connectivity index (χ4v) is 5.62. The standard InChI is InChI=1S/C35H36N8O2/c1-35(2,3)45-34(44)39-26-15-18-42(19-16-26)22-23-9-11-27(12-10-23)43-32(28-8-5-17-38-31(28)37)41-30-14-13-29(40-33(30)43)25-7-4-6-24(20-25)21-36/h4-14,17,20,26H,15-16,18-19,22H2,1-3H3,(H2,37,38)(H,39,44). The average Bonchev–Trinajstić information content (AvgIpc) is 3.40. The van der Waals surface area contributed by atoms with Crippen LogP contribution in [0.3, 0.4) is 0 Å². The summed E-state index contributed by atoms with van der Waals surface area (Å²) in [6, 6.07) is 25.8. The maximum Gasteiger partial charge on any atom is 0.407 e. The number of imidazole rings is 1. The van der Waals surface area contributed by atoms with Gasteiger partial charge in [-0.15, -0.1) is 0 Å². The predicted octanol–water partition coefficient (Wildman–Crippen LogP) is 6.09. The number of aromatic nitrogens is 4. The Kier molecular flexibility index (Phi) is 8.20. The molecule has 0 radical (unpaired) electrons. The third kappa shape index (κ3) is 6.79. The Balaban J connectivity index is 1.25. The summed E-state index contributed by atoms with van der Waals surface area (Å²) in [5, 5.41) is 12.4. The number of benzene rings is 2. The van der Waals surface area contributed by atoms with Gasteiger partial charge in [0.1, 0.15) is 16.9 Å². The van der Waals surface area contributed by atoms with Crippen LogP contribution >= 0.6 is 0 Å². The van der Waals surface area contributed by atoms with E-state index in [4.69, 9.17) is 20.4 Å². The van der Waals surface area contributed by atoms with Gasteiger partial charge < -0.3 is 15.8 Å². The van der Waals surface area contributed by atoms with Crippen LogP contribution in [0.25, 0.3) is 39.5 Å². The lowest BCUT2D eigenvalue weighted by atomic mass is 10.0. The molecule has 1 aliphatic heterocycles. The molecule has 2 aromatic carbocycles. The number of nitrogens with one attached hydrogen (secondary N) is 1. The Morgan fingerprint density at radius 1 is 1.04 bits per heavy atom. The van der Waals surface area contributed by atoms with Crippen molar-refractivity contribution in [1.82, 2.24) is 29.7 Å². The monoisotopic (exact) mass is 600 g/mol. The molecule has 1 saturated heterocycles. The van der Waals surface area contributed by atoms with E-state index in [1.807, 2.05) is 67.8 Å². The summed E-state index contributed by atoms with van der Waals surface area (Å²) in [6.07, 6.45) is 3.06. The number of fused-ring (bicyclic) bond motifs is 1. The van der Waals surface area contributed by atoms with Gasteiger partial charge >= 0.3 is 6.09 Å². The Morgan fingerprint density at radius 2 is 1.82 bits per heavy atom. The Hall–Kier alpha value is -5.27. The molecular formula is C35H36N8O2. The molecular weight excluding hydrogens is 564 g/mol. The minimum Gasteiger partial charge on any atom is -0.444 e. The number of ether oxygens (including phenoxy) is 1. The first-order chi connectivity index (χ1) is 21.7. The van der Waals surface area contributed by atoms with Gasteiger partial charge in [0.05, 0.1) is 22.9 Å². The van der Waals surface area contributed by atoms with Crippen LogP contribution in [-0.2, 0) is 11.3 Å². The second-order valence-corrected chi connectivity index (χ2v) is 12.3. The second-order valence-electron chi connectivity index (χ2n) is 12.3.